The number of hydrogen-bond acceptors (Lipinski definition) is 1. The molecule has 0 bridgehead atoms. The third kappa shape index (κ3) is 2.76. The quantitative estimate of drug-likeness (QED) is 0.167. The van der Waals surface area contributed by atoms with Gasteiger partial charge in [-0.3, -0.25) is 0 Å². The highest BCUT2D eigenvalue weighted by Crippen LogP contribution is 2.49. The summed E-state index contributed by atoms with van der Waals surface area (Å²) >= 11 is 0.766. The lowest BCUT2D eigenvalue weighted by atomic mass is 9.88. The SMILES string of the molecule is [2H]c1cc2c3c(c([2H])c([2H])c([2H])c3c1[2H])Sc1c([2H])c([2H])c(-c3c4c([2H])c([2H])c([2H])c([2H])c4c([2H])c4c3c([2H])c([2H])c3c([2H])c([2H])c([2H])c([2H])c34)c([2H])c1-2. The summed E-state index contributed by atoms with van der Waals surface area (Å²) in [6, 6.07) is -10.8. The predicted molar refractivity (Wildman–Crippen MR) is 151 cm³/mol. The van der Waals surface area contributed by atoms with E-state index >= 15 is 0 Å². The summed E-state index contributed by atoms with van der Waals surface area (Å²) in [5, 5.41) is -2.62. The summed E-state index contributed by atoms with van der Waals surface area (Å²) in [4.78, 5) is 0.0169. The molecule has 162 valence electrons. The molecule has 0 atom stereocenters. The Morgan fingerprint density at radius 1 is 0.486 bits per heavy atom. The van der Waals surface area contributed by atoms with E-state index in [0.29, 0.717) is 0 Å². The molecule has 0 amide bonds. The van der Waals surface area contributed by atoms with Gasteiger partial charge in [-0.1, -0.05) is 108 Å². The van der Waals surface area contributed by atoms with Gasteiger partial charge >= 0.3 is 0 Å². The second-order valence-electron chi connectivity index (χ2n) is 7.84. The Balaban J connectivity index is 1.71. The molecule has 1 heterocycles. The average Bonchev–Trinajstić information content (AvgIpc) is 3.13. The van der Waals surface area contributed by atoms with Crippen molar-refractivity contribution in [2.24, 2.45) is 0 Å². The third-order valence-corrected chi connectivity index (χ3v) is 6.98. The van der Waals surface area contributed by atoms with E-state index in [1.54, 1.807) is 0 Å². The smallest absolute Gasteiger partial charge is 0.0636 e. The fourth-order valence-electron chi connectivity index (χ4n) is 4.47. The Hall–Kier alpha value is -4.07. The summed E-state index contributed by atoms with van der Waals surface area (Å²) < 4.78 is 168. The Bertz CT molecular complexity index is 3010. The van der Waals surface area contributed by atoms with E-state index in [1.165, 1.54) is 6.07 Å². The lowest BCUT2D eigenvalue weighted by molar-refractivity contribution is 1.40. The molecule has 0 nitrogen and oxygen atoms in total. The maximum atomic E-state index is 9.70. The van der Waals surface area contributed by atoms with Crippen LogP contribution in [0.4, 0.5) is 0 Å². The zero-order chi connectivity index (χ0) is 39.5. The lowest BCUT2D eigenvalue weighted by Gasteiger charge is -2.22. The van der Waals surface area contributed by atoms with Crippen LogP contribution in [0.25, 0.3) is 65.3 Å². The second kappa shape index (κ2) is 7.21. The van der Waals surface area contributed by atoms with Gasteiger partial charge in [-0.2, -0.15) is 0 Å². The predicted octanol–water partition coefficient (Wildman–Crippen LogP) is 10.1. The van der Waals surface area contributed by atoms with Crippen molar-refractivity contribution in [2.45, 2.75) is 9.79 Å². The van der Waals surface area contributed by atoms with E-state index in [-0.39, 0.29) is 31.7 Å². The maximum Gasteiger partial charge on any atom is 0.0636 e. The van der Waals surface area contributed by atoms with E-state index < -0.39 is 158 Å². The molecule has 0 aromatic heterocycles. The van der Waals surface area contributed by atoms with E-state index in [9.17, 15) is 6.85 Å². The maximum absolute atomic E-state index is 9.70. The monoisotopic (exact) mass is 479 g/mol. The molecule has 0 aliphatic carbocycles. The van der Waals surface area contributed by atoms with Crippen molar-refractivity contribution in [1.29, 1.82) is 0 Å². The van der Waals surface area contributed by atoms with Gasteiger partial charge in [0.2, 0.25) is 0 Å². The first kappa shape index (κ1) is 8.55. The van der Waals surface area contributed by atoms with Crippen LogP contribution in [-0.4, -0.2) is 0 Å². The molecule has 0 fully saturated rings. The van der Waals surface area contributed by atoms with Gasteiger partial charge in [0.25, 0.3) is 0 Å². The molecule has 0 spiro atoms. The molecule has 8 rings (SSSR count). The summed E-state index contributed by atoms with van der Waals surface area (Å²) in [6.07, 6.45) is 0. The van der Waals surface area contributed by atoms with Crippen molar-refractivity contribution in [2.75, 3.05) is 0 Å². The zero-order valence-electron chi connectivity index (χ0n) is 36.5. The van der Waals surface area contributed by atoms with Crippen LogP contribution in [0, 0.1) is 0 Å². The number of fused-ring (bicyclic) bond motifs is 6. The van der Waals surface area contributed by atoms with Gasteiger partial charge in [0.05, 0.1) is 26.0 Å². The van der Waals surface area contributed by atoms with Gasteiger partial charge in [-0.15, -0.1) is 0 Å². The van der Waals surface area contributed by atoms with Gasteiger partial charge < -0.3 is 0 Å². The first-order valence-corrected chi connectivity index (χ1v) is 11.3. The van der Waals surface area contributed by atoms with Crippen molar-refractivity contribution >= 4 is 54.9 Å². The molecule has 0 unspecified atom stereocenters. The third-order valence-electron chi connectivity index (χ3n) is 5.96. The number of rotatable bonds is 1. The minimum absolute atomic E-state index is 0.0240. The van der Waals surface area contributed by atoms with E-state index in [4.69, 9.17) is 19.2 Å². The molecule has 1 aliphatic rings. The molecule has 0 radical (unpaired) electrons. The Morgan fingerprint density at radius 3 is 2.23 bits per heavy atom. The highest BCUT2D eigenvalue weighted by molar-refractivity contribution is 7.99. The molecule has 35 heavy (non-hydrogen) atoms. The lowest BCUT2D eigenvalue weighted by Crippen LogP contribution is -1.94. The molecule has 0 saturated heterocycles. The first-order chi connectivity index (χ1) is 25.3. The number of hydrogen-bond donors (Lipinski definition) is 0. The van der Waals surface area contributed by atoms with Crippen molar-refractivity contribution in [1.82, 2.24) is 0 Å². The van der Waals surface area contributed by atoms with Crippen molar-refractivity contribution in [3.05, 3.63) is 121 Å². The van der Waals surface area contributed by atoms with Crippen LogP contribution in [0.5, 0.6) is 0 Å². The average molecular weight is 480 g/mol. The molecule has 7 aromatic rings. The van der Waals surface area contributed by atoms with Crippen LogP contribution in [0.3, 0.4) is 0 Å². The first-order valence-electron chi connectivity index (χ1n) is 20.0. The minimum Gasteiger partial charge on any atom is -0.0888 e. The normalized spacial score (nSPS) is 20.1. The van der Waals surface area contributed by atoms with Crippen molar-refractivity contribution in [3.63, 3.8) is 0 Å². The van der Waals surface area contributed by atoms with Gasteiger partial charge in [-0.25, -0.2) is 0 Å². The molecule has 0 saturated carbocycles. The summed E-state index contributed by atoms with van der Waals surface area (Å²) in [5.74, 6) is 0. The van der Waals surface area contributed by atoms with Crippen LogP contribution in [0.1, 0.15) is 26.0 Å². The topological polar surface area (TPSA) is 0 Å². The standard InChI is InChI=1S/C34H20S/c1-3-11-25-21(7-1)15-17-28-29(25)19-23-8-2-4-12-26(23)33(28)24-16-18-31-30(20-24)27-13-5-9-22-10-6-14-32(35-31)34(22)27/h1-20H/i1D,2D,3D,4D,5D,6D,7D,8D,9D,10D,11D,12D,14D,15D,16D,17D,18D,19D,20D. The van der Waals surface area contributed by atoms with Crippen LogP contribution >= 0.6 is 11.8 Å². The fourth-order valence-corrected chi connectivity index (χ4v) is 5.45. The summed E-state index contributed by atoms with van der Waals surface area (Å²) in [5.41, 5.74) is -0.993. The highest BCUT2D eigenvalue weighted by Gasteiger charge is 2.20. The van der Waals surface area contributed by atoms with E-state index in [0.717, 1.165) is 11.8 Å². The van der Waals surface area contributed by atoms with Crippen molar-refractivity contribution < 1.29 is 26.0 Å². The largest absolute Gasteiger partial charge is 0.0888 e. The molecule has 0 N–H and O–H groups in total. The Morgan fingerprint density at radius 2 is 1.29 bits per heavy atom. The van der Waals surface area contributed by atoms with Gasteiger partial charge in [-0.05, 0) is 84.1 Å². The fraction of sp³-hybridized carbons (Fsp3) is 0. The van der Waals surface area contributed by atoms with E-state index in [2.05, 4.69) is 0 Å². The second-order valence-corrected chi connectivity index (χ2v) is 8.86. The van der Waals surface area contributed by atoms with Crippen molar-refractivity contribution in [3.8, 4) is 22.3 Å². The van der Waals surface area contributed by atoms with Gasteiger partial charge in [0.15, 0.2) is 0 Å². The zero-order valence-corrected chi connectivity index (χ0v) is 18.3. The molecule has 1 heteroatoms. The summed E-state index contributed by atoms with van der Waals surface area (Å²) in [7, 11) is 0. The van der Waals surface area contributed by atoms with E-state index in [1.807, 2.05) is 0 Å². The van der Waals surface area contributed by atoms with Crippen LogP contribution in [0.2, 0.25) is 0 Å². The van der Waals surface area contributed by atoms with Crippen LogP contribution in [-0.2, 0) is 0 Å². The minimum atomic E-state index is -0.775. The molecule has 7 aromatic carbocycles. The molecular weight excluding hydrogens is 440 g/mol. The van der Waals surface area contributed by atoms with Crippen LogP contribution < -0.4 is 0 Å². The highest BCUT2D eigenvalue weighted by atomic mass is 32.2. The molecule has 1 aliphatic heterocycles. The Kier molecular flexibility index (Phi) is 1.76. The number of benzene rings is 7. The van der Waals surface area contributed by atoms with Gasteiger partial charge in [0.1, 0.15) is 0 Å². The van der Waals surface area contributed by atoms with Gasteiger partial charge in [0, 0.05) is 15.2 Å². The Labute approximate surface area is 234 Å². The summed E-state index contributed by atoms with van der Waals surface area (Å²) in [6.45, 7) is 0. The molecular formula is C34H20S. The van der Waals surface area contributed by atoms with Crippen LogP contribution in [0.15, 0.2) is 131 Å².